The monoisotopic (exact) mass is 225 g/mol. The zero-order chi connectivity index (χ0) is 10.7. The lowest BCUT2D eigenvalue weighted by molar-refractivity contribution is 0.519. The van der Waals surface area contributed by atoms with Gasteiger partial charge in [0.25, 0.3) is 0 Å². The molecule has 0 aromatic carbocycles. The van der Waals surface area contributed by atoms with Gasteiger partial charge in [0.1, 0.15) is 5.82 Å². The molecule has 0 aliphatic heterocycles. The molecule has 1 heterocycles. The maximum Gasteiger partial charge on any atom is 0.202 e. The standard InChI is InChI=1S/C11H19N3S/c1-3-8(4-2)7-12-11-13-10(14-15-11)9-5-6-9/h8-9H,3-7H2,1-2H3,(H,12,13,14). The number of nitrogens with zero attached hydrogens (tertiary/aromatic N) is 2. The van der Waals surface area contributed by atoms with E-state index in [9.17, 15) is 0 Å². The molecule has 1 saturated carbocycles. The SMILES string of the molecule is CCC(CC)CNc1nc(C2CC2)ns1. The topological polar surface area (TPSA) is 37.8 Å². The zero-order valence-corrected chi connectivity index (χ0v) is 10.3. The van der Waals surface area contributed by atoms with E-state index in [0.717, 1.165) is 23.4 Å². The molecule has 3 nitrogen and oxygen atoms in total. The Morgan fingerprint density at radius 1 is 1.40 bits per heavy atom. The van der Waals surface area contributed by atoms with E-state index in [4.69, 9.17) is 0 Å². The number of nitrogens with one attached hydrogen (secondary N) is 1. The van der Waals surface area contributed by atoms with Crippen LogP contribution in [0.25, 0.3) is 0 Å². The first-order valence-electron chi connectivity index (χ1n) is 5.91. The number of hydrogen-bond acceptors (Lipinski definition) is 4. The van der Waals surface area contributed by atoms with E-state index in [1.54, 1.807) is 0 Å². The van der Waals surface area contributed by atoms with Gasteiger partial charge in [0.2, 0.25) is 5.13 Å². The fourth-order valence-electron chi connectivity index (χ4n) is 1.62. The number of rotatable bonds is 6. The van der Waals surface area contributed by atoms with Crippen molar-refractivity contribution in [2.75, 3.05) is 11.9 Å². The highest BCUT2D eigenvalue weighted by Crippen LogP contribution is 2.39. The fourth-order valence-corrected chi connectivity index (χ4v) is 2.28. The third-order valence-electron chi connectivity index (χ3n) is 3.08. The second-order valence-electron chi connectivity index (χ2n) is 4.30. The number of aromatic nitrogens is 2. The van der Waals surface area contributed by atoms with Crippen LogP contribution in [0.1, 0.15) is 51.3 Å². The van der Waals surface area contributed by atoms with Crippen molar-refractivity contribution in [1.82, 2.24) is 9.36 Å². The first-order chi connectivity index (χ1) is 7.33. The van der Waals surface area contributed by atoms with Crippen molar-refractivity contribution in [3.8, 4) is 0 Å². The lowest BCUT2D eigenvalue weighted by Gasteiger charge is -2.11. The summed E-state index contributed by atoms with van der Waals surface area (Å²) >= 11 is 1.51. The maximum absolute atomic E-state index is 4.51. The average Bonchev–Trinajstić information content (AvgIpc) is 3.01. The zero-order valence-electron chi connectivity index (χ0n) is 9.49. The van der Waals surface area contributed by atoms with Crippen molar-refractivity contribution in [1.29, 1.82) is 0 Å². The Labute approximate surface area is 95.5 Å². The molecule has 84 valence electrons. The summed E-state index contributed by atoms with van der Waals surface area (Å²) in [5.74, 6) is 2.50. The van der Waals surface area contributed by atoms with Gasteiger partial charge in [-0.1, -0.05) is 26.7 Å². The van der Waals surface area contributed by atoms with E-state index < -0.39 is 0 Å². The number of anilines is 1. The number of hydrogen-bond donors (Lipinski definition) is 1. The molecule has 4 heteroatoms. The summed E-state index contributed by atoms with van der Waals surface area (Å²) in [6, 6.07) is 0. The molecule has 15 heavy (non-hydrogen) atoms. The van der Waals surface area contributed by atoms with Crippen molar-refractivity contribution in [3.05, 3.63) is 5.82 Å². The van der Waals surface area contributed by atoms with Crippen LogP contribution in [0, 0.1) is 5.92 Å². The summed E-state index contributed by atoms with van der Waals surface area (Å²) in [5, 5.41) is 4.40. The van der Waals surface area contributed by atoms with Gasteiger partial charge >= 0.3 is 0 Å². The largest absolute Gasteiger partial charge is 0.360 e. The van der Waals surface area contributed by atoms with E-state index in [2.05, 4.69) is 28.5 Å². The predicted octanol–water partition coefficient (Wildman–Crippen LogP) is 3.26. The van der Waals surface area contributed by atoms with Gasteiger partial charge in [-0.3, -0.25) is 0 Å². The molecular weight excluding hydrogens is 206 g/mol. The first kappa shape index (κ1) is 10.9. The van der Waals surface area contributed by atoms with Crippen molar-refractivity contribution >= 4 is 16.7 Å². The van der Waals surface area contributed by atoms with Crippen LogP contribution >= 0.6 is 11.5 Å². The predicted molar refractivity (Wildman–Crippen MR) is 64.4 cm³/mol. The van der Waals surface area contributed by atoms with Gasteiger partial charge in [0.05, 0.1) is 0 Å². The molecule has 1 aliphatic carbocycles. The summed E-state index contributed by atoms with van der Waals surface area (Å²) in [4.78, 5) is 4.51. The Morgan fingerprint density at radius 3 is 2.73 bits per heavy atom. The third kappa shape index (κ3) is 2.91. The lowest BCUT2D eigenvalue weighted by atomic mass is 10.0. The van der Waals surface area contributed by atoms with Crippen LogP contribution in [-0.4, -0.2) is 15.9 Å². The minimum absolute atomic E-state index is 0.671. The molecule has 0 radical (unpaired) electrons. The molecule has 2 rings (SSSR count). The van der Waals surface area contributed by atoms with E-state index >= 15 is 0 Å². The van der Waals surface area contributed by atoms with Crippen LogP contribution in [0.2, 0.25) is 0 Å². The Kier molecular flexibility index (Phi) is 3.57. The van der Waals surface area contributed by atoms with Crippen LogP contribution < -0.4 is 5.32 Å². The highest BCUT2D eigenvalue weighted by molar-refractivity contribution is 7.09. The van der Waals surface area contributed by atoms with Gasteiger partial charge < -0.3 is 5.32 Å². The summed E-state index contributed by atoms with van der Waals surface area (Å²) in [7, 11) is 0. The third-order valence-corrected chi connectivity index (χ3v) is 3.77. The van der Waals surface area contributed by atoms with Crippen LogP contribution in [0.15, 0.2) is 0 Å². The van der Waals surface area contributed by atoms with Gasteiger partial charge in [-0.2, -0.15) is 4.37 Å². The minimum atomic E-state index is 0.671. The second kappa shape index (κ2) is 4.92. The van der Waals surface area contributed by atoms with Gasteiger partial charge in [0.15, 0.2) is 0 Å². The first-order valence-corrected chi connectivity index (χ1v) is 6.68. The molecule has 0 amide bonds. The summed E-state index contributed by atoms with van der Waals surface area (Å²) in [5.41, 5.74) is 0. The van der Waals surface area contributed by atoms with Crippen molar-refractivity contribution < 1.29 is 0 Å². The van der Waals surface area contributed by atoms with E-state index in [0.29, 0.717) is 5.92 Å². The van der Waals surface area contributed by atoms with Crippen molar-refractivity contribution in [2.45, 2.75) is 45.4 Å². The molecular formula is C11H19N3S. The molecule has 0 atom stereocenters. The molecule has 0 spiro atoms. The van der Waals surface area contributed by atoms with Crippen molar-refractivity contribution in [3.63, 3.8) is 0 Å². The van der Waals surface area contributed by atoms with E-state index in [1.165, 1.54) is 37.2 Å². The summed E-state index contributed by atoms with van der Waals surface area (Å²) in [6.07, 6.45) is 5.03. The molecule has 1 aliphatic rings. The van der Waals surface area contributed by atoms with Crippen LogP contribution in [-0.2, 0) is 0 Å². The molecule has 0 bridgehead atoms. The highest BCUT2D eigenvalue weighted by atomic mass is 32.1. The van der Waals surface area contributed by atoms with Crippen molar-refractivity contribution in [2.24, 2.45) is 5.92 Å². The molecule has 0 saturated heterocycles. The van der Waals surface area contributed by atoms with Crippen LogP contribution in [0.3, 0.4) is 0 Å². The molecule has 0 unspecified atom stereocenters. The fraction of sp³-hybridized carbons (Fsp3) is 0.818. The van der Waals surface area contributed by atoms with E-state index in [-0.39, 0.29) is 0 Å². The quantitative estimate of drug-likeness (QED) is 0.807. The van der Waals surface area contributed by atoms with Crippen LogP contribution in [0.5, 0.6) is 0 Å². The molecule has 1 fully saturated rings. The minimum Gasteiger partial charge on any atom is -0.360 e. The van der Waals surface area contributed by atoms with Gasteiger partial charge in [-0.25, -0.2) is 4.98 Å². The van der Waals surface area contributed by atoms with Gasteiger partial charge in [0, 0.05) is 24.0 Å². The normalized spacial score (nSPS) is 15.9. The van der Waals surface area contributed by atoms with Gasteiger partial charge in [-0.15, -0.1) is 0 Å². The summed E-state index contributed by atoms with van der Waals surface area (Å²) < 4.78 is 4.38. The Balaban J connectivity index is 1.82. The highest BCUT2D eigenvalue weighted by Gasteiger charge is 2.27. The maximum atomic E-state index is 4.51. The van der Waals surface area contributed by atoms with E-state index in [1.807, 2.05) is 0 Å². The lowest BCUT2D eigenvalue weighted by Crippen LogP contribution is -2.12. The smallest absolute Gasteiger partial charge is 0.202 e. The second-order valence-corrected chi connectivity index (χ2v) is 5.05. The molecule has 1 N–H and O–H groups in total. The average molecular weight is 225 g/mol. The Hall–Kier alpha value is -0.640. The molecule has 1 aromatic heterocycles. The summed E-state index contributed by atoms with van der Waals surface area (Å²) in [6.45, 7) is 5.52. The Morgan fingerprint density at radius 2 is 2.13 bits per heavy atom. The molecule has 1 aromatic rings. The van der Waals surface area contributed by atoms with Gasteiger partial charge in [-0.05, 0) is 18.8 Å². The van der Waals surface area contributed by atoms with Crippen LogP contribution in [0.4, 0.5) is 5.13 Å². The Bertz CT molecular complexity index is 303.